The fraction of sp³-hybridized carbons (Fsp3) is 0.875. The van der Waals surface area contributed by atoms with Gasteiger partial charge in [-0.3, -0.25) is 0 Å². The molecule has 0 spiro atoms. The summed E-state index contributed by atoms with van der Waals surface area (Å²) in [5.41, 5.74) is -1.23. The second-order valence-corrected chi connectivity index (χ2v) is 3.74. The van der Waals surface area contributed by atoms with Crippen molar-refractivity contribution in [3.8, 4) is 6.07 Å². The molecule has 11 heavy (non-hydrogen) atoms. The van der Waals surface area contributed by atoms with Crippen LogP contribution < -0.4 is 0 Å². The quantitative estimate of drug-likeness (QED) is 0.606. The lowest BCUT2D eigenvalue weighted by Crippen LogP contribution is -2.43. The fourth-order valence-corrected chi connectivity index (χ4v) is 1.23. The van der Waals surface area contributed by atoms with E-state index < -0.39 is 5.60 Å². The molecule has 0 aromatic carbocycles. The van der Waals surface area contributed by atoms with Crippen LogP contribution in [0.1, 0.15) is 20.3 Å². The molecule has 1 unspecified atom stereocenters. The van der Waals surface area contributed by atoms with Crippen LogP contribution in [0.3, 0.4) is 0 Å². The van der Waals surface area contributed by atoms with Gasteiger partial charge in [0.05, 0.1) is 25.7 Å². The zero-order valence-electron chi connectivity index (χ0n) is 6.92. The average Bonchev–Trinajstić information content (AvgIpc) is 2.09. The second kappa shape index (κ2) is 2.47. The van der Waals surface area contributed by atoms with Crippen molar-refractivity contribution in [1.82, 2.24) is 0 Å². The molecule has 3 heteroatoms. The SMILES string of the molecule is CC1(C)COCC1(O)CC#N. The van der Waals surface area contributed by atoms with E-state index in [0.717, 1.165) is 0 Å². The van der Waals surface area contributed by atoms with Crippen molar-refractivity contribution in [2.45, 2.75) is 25.9 Å². The van der Waals surface area contributed by atoms with E-state index in [-0.39, 0.29) is 18.4 Å². The maximum Gasteiger partial charge on any atom is 0.108 e. The molecule has 1 saturated heterocycles. The fourth-order valence-electron chi connectivity index (χ4n) is 1.23. The smallest absolute Gasteiger partial charge is 0.108 e. The van der Waals surface area contributed by atoms with E-state index >= 15 is 0 Å². The molecule has 0 bridgehead atoms. The van der Waals surface area contributed by atoms with Crippen molar-refractivity contribution in [3.63, 3.8) is 0 Å². The maximum absolute atomic E-state index is 9.87. The van der Waals surface area contributed by atoms with Crippen LogP contribution >= 0.6 is 0 Å². The Morgan fingerprint density at radius 2 is 2.18 bits per heavy atom. The van der Waals surface area contributed by atoms with Gasteiger partial charge in [0.1, 0.15) is 5.60 Å². The lowest BCUT2D eigenvalue weighted by atomic mass is 9.76. The van der Waals surface area contributed by atoms with E-state index in [0.29, 0.717) is 6.61 Å². The van der Waals surface area contributed by atoms with Gasteiger partial charge in [-0.1, -0.05) is 13.8 Å². The van der Waals surface area contributed by atoms with Gasteiger partial charge >= 0.3 is 0 Å². The Hall–Kier alpha value is -0.590. The first-order chi connectivity index (χ1) is 5.02. The van der Waals surface area contributed by atoms with Gasteiger partial charge in [0, 0.05) is 5.41 Å². The third kappa shape index (κ3) is 1.24. The number of rotatable bonds is 1. The van der Waals surface area contributed by atoms with Crippen LogP contribution in [0.25, 0.3) is 0 Å². The first kappa shape index (κ1) is 8.51. The monoisotopic (exact) mass is 155 g/mol. The molecule has 3 nitrogen and oxygen atoms in total. The topological polar surface area (TPSA) is 53.2 Å². The number of nitrogens with zero attached hydrogens (tertiary/aromatic N) is 1. The van der Waals surface area contributed by atoms with E-state index in [4.69, 9.17) is 10.00 Å². The van der Waals surface area contributed by atoms with Crippen molar-refractivity contribution in [1.29, 1.82) is 5.26 Å². The Bertz CT molecular complexity index is 195. The van der Waals surface area contributed by atoms with Crippen LogP contribution in [0.5, 0.6) is 0 Å². The zero-order valence-corrected chi connectivity index (χ0v) is 6.92. The van der Waals surface area contributed by atoms with E-state index in [9.17, 15) is 5.11 Å². The lowest BCUT2D eigenvalue weighted by Gasteiger charge is -2.31. The standard InChI is InChI=1S/C8H13NO2/c1-7(2)5-11-6-8(7,10)3-4-9/h10H,3,5-6H2,1-2H3. The molecular formula is C8H13NO2. The van der Waals surface area contributed by atoms with Crippen molar-refractivity contribution < 1.29 is 9.84 Å². The van der Waals surface area contributed by atoms with Gasteiger partial charge in [-0.2, -0.15) is 5.26 Å². The van der Waals surface area contributed by atoms with Gasteiger partial charge in [0.15, 0.2) is 0 Å². The molecule has 1 N–H and O–H groups in total. The summed E-state index contributed by atoms with van der Waals surface area (Å²) in [6.07, 6.45) is 0.153. The summed E-state index contributed by atoms with van der Waals surface area (Å²) in [5, 5.41) is 18.3. The van der Waals surface area contributed by atoms with Crippen LogP contribution in [-0.4, -0.2) is 23.9 Å². The number of hydrogen-bond donors (Lipinski definition) is 1. The predicted octanol–water partition coefficient (Wildman–Crippen LogP) is 0.688. The first-order valence-corrected chi connectivity index (χ1v) is 3.69. The van der Waals surface area contributed by atoms with E-state index in [1.807, 2.05) is 19.9 Å². The van der Waals surface area contributed by atoms with Crippen LogP contribution in [0.2, 0.25) is 0 Å². The zero-order chi connectivity index (χ0) is 8.54. The number of hydrogen-bond acceptors (Lipinski definition) is 3. The Labute approximate surface area is 66.6 Å². The average molecular weight is 155 g/mol. The highest BCUT2D eigenvalue weighted by Crippen LogP contribution is 2.39. The number of ether oxygens (including phenoxy) is 1. The summed E-state index contributed by atoms with van der Waals surface area (Å²) >= 11 is 0. The van der Waals surface area contributed by atoms with Gasteiger partial charge in [-0.15, -0.1) is 0 Å². The molecule has 0 aromatic heterocycles. The molecular weight excluding hydrogens is 142 g/mol. The maximum atomic E-state index is 9.87. The second-order valence-electron chi connectivity index (χ2n) is 3.74. The van der Waals surface area contributed by atoms with Gasteiger partial charge in [0.25, 0.3) is 0 Å². The molecule has 0 radical (unpaired) electrons. The van der Waals surface area contributed by atoms with Crippen LogP contribution in [-0.2, 0) is 4.74 Å². The van der Waals surface area contributed by atoms with E-state index in [1.165, 1.54) is 0 Å². The molecule has 0 aliphatic carbocycles. The van der Waals surface area contributed by atoms with Crippen molar-refractivity contribution >= 4 is 0 Å². The van der Waals surface area contributed by atoms with E-state index in [1.54, 1.807) is 0 Å². The first-order valence-electron chi connectivity index (χ1n) is 3.69. The minimum atomic E-state index is -0.943. The Morgan fingerprint density at radius 1 is 1.55 bits per heavy atom. The number of nitriles is 1. The molecule has 1 fully saturated rings. The molecule has 0 aromatic rings. The Balaban J connectivity index is 2.77. The molecule has 1 rings (SSSR count). The molecule has 62 valence electrons. The lowest BCUT2D eigenvalue weighted by molar-refractivity contribution is -0.0280. The van der Waals surface area contributed by atoms with Crippen LogP contribution in [0.4, 0.5) is 0 Å². The van der Waals surface area contributed by atoms with Crippen molar-refractivity contribution in [2.75, 3.05) is 13.2 Å². The molecule has 1 heterocycles. The summed E-state index contributed by atoms with van der Waals surface area (Å²) in [6, 6.07) is 1.98. The van der Waals surface area contributed by atoms with Crippen LogP contribution in [0, 0.1) is 16.7 Å². The number of aliphatic hydroxyl groups is 1. The molecule has 1 aliphatic rings. The minimum absolute atomic E-state index is 0.153. The van der Waals surface area contributed by atoms with Crippen molar-refractivity contribution in [2.24, 2.45) is 5.41 Å². The van der Waals surface area contributed by atoms with E-state index in [2.05, 4.69) is 0 Å². The molecule has 0 amide bonds. The predicted molar refractivity (Wildman–Crippen MR) is 39.8 cm³/mol. The largest absolute Gasteiger partial charge is 0.386 e. The molecule has 0 saturated carbocycles. The third-order valence-corrected chi connectivity index (χ3v) is 2.44. The van der Waals surface area contributed by atoms with Gasteiger partial charge in [-0.05, 0) is 0 Å². The Morgan fingerprint density at radius 3 is 2.55 bits per heavy atom. The van der Waals surface area contributed by atoms with Gasteiger partial charge < -0.3 is 9.84 Å². The normalized spacial score (nSPS) is 35.1. The summed E-state index contributed by atoms with van der Waals surface area (Å²) < 4.78 is 5.13. The summed E-state index contributed by atoms with van der Waals surface area (Å²) in [7, 11) is 0. The highest BCUT2D eigenvalue weighted by molar-refractivity contribution is 5.02. The molecule has 1 aliphatic heterocycles. The minimum Gasteiger partial charge on any atom is -0.386 e. The Kier molecular flexibility index (Phi) is 1.91. The third-order valence-electron chi connectivity index (χ3n) is 2.44. The van der Waals surface area contributed by atoms with Crippen molar-refractivity contribution in [3.05, 3.63) is 0 Å². The molecule has 1 atom stereocenters. The highest BCUT2D eigenvalue weighted by atomic mass is 16.5. The summed E-state index contributed by atoms with van der Waals surface area (Å²) in [4.78, 5) is 0. The summed E-state index contributed by atoms with van der Waals surface area (Å²) in [5.74, 6) is 0. The van der Waals surface area contributed by atoms with Gasteiger partial charge in [-0.25, -0.2) is 0 Å². The van der Waals surface area contributed by atoms with Gasteiger partial charge in [0.2, 0.25) is 0 Å². The highest BCUT2D eigenvalue weighted by Gasteiger charge is 2.48. The summed E-state index contributed by atoms with van der Waals surface area (Å²) in [6.45, 7) is 4.65. The van der Waals surface area contributed by atoms with Crippen LogP contribution in [0.15, 0.2) is 0 Å².